The van der Waals surface area contributed by atoms with Gasteiger partial charge in [0.25, 0.3) is 0 Å². The zero-order valence-electron chi connectivity index (χ0n) is 13.8. The Morgan fingerprint density at radius 3 is 2.52 bits per heavy atom. The quantitative estimate of drug-likeness (QED) is 0.846. The molecule has 0 fully saturated rings. The van der Waals surface area contributed by atoms with Crippen LogP contribution in [0.5, 0.6) is 0 Å². The maximum Gasteiger partial charge on any atom is 0.326 e. The summed E-state index contributed by atoms with van der Waals surface area (Å²) in [7, 11) is 1.62. The van der Waals surface area contributed by atoms with Gasteiger partial charge in [-0.1, -0.05) is 26.0 Å². The van der Waals surface area contributed by atoms with Crippen LogP contribution in [0, 0.1) is 6.92 Å². The lowest BCUT2D eigenvalue weighted by Crippen LogP contribution is -2.38. The summed E-state index contributed by atoms with van der Waals surface area (Å²) in [6.07, 6.45) is 3.67. The van der Waals surface area contributed by atoms with Crippen LogP contribution in [0.3, 0.4) is 0 Å². The van der Waals surface area contributed by atoms with Gasteiger partial charge in [-0.25, -0.2) is 4.79 Å². The van der Waals surface area contributed by atoms with Crippen LogP contribution >= 0.6 is 0 Å². The van der Waals surface area contributed by atoms with E-state index in [0.29, 0.717) is 5.70 Å². The minimum absolute atomic E-state index is 0.212. The molecule has 0 unspecified atom stereocenters. The summed E-state index contributed by atoms with van der Waals surface area (Å²) in [6.45, 7) is 14.1. The van der Waals surface area contributed by atoms with E-state index in [1.807, 2.05) is 32.9 Å². The summed E-state index contributed by atoms with van der Waals surface area (Å²) in [4.78, 5) is 18.4. The molecule has 114 valence electrons. The Bertz CT molecular complexity index is 569. The van der Waals surface area contributed by atoms with E-state index in [1.54, 1.807) is 18.1 Å². The van der Waals surface area contributed by atoms with Crippen LogP contribution in [0.25, 0.3) is 0 Å². The lowest BCUT2D eigenvalue weighted by Gasteiger charge is -2.27. The number of carbonyl (C=O) groups excluding carboxylic acids is 1. The Kier molecular flexibility index (Phi) is 5.70. The number of rotatable bonds is 4. The van der Waals surface area contributed by atoms with Crippen molar-refractivity contribution < 1.29 is 4.79 Å². The fraction of sp³-hybridized carbons (Fsp3) is 0.412. The molecule has 21 heavy (non-hydrogen) atoms. The summed E-state index contributed by atoms with van der Waals surface area (Å²) in [5.41, 5.74) is 4.42. The highest BCUT2D eigenvalue weighted by molar-refractivity contribution is 5.97. The van der Waals surface area contributed by atoms with Crippen LogP contribution in [0.15, 0.2) is 36.2 Å². The van der Waals surface area contributed by atoms with Crippen LogP contribution in [-0.4, -0.2) is 18.1 Å². The molecule has 0 aromatic carbocycles. The van der Waals surface area contributed by atoms with Crippen molar-refractivity contribution >= 4 is 11.7 Å². The van der Waals surface area contributed by atoms with Crippen molar-refractivity contribution in [1.29, 1.82) is 0 Å². The second kappa shape index (κ2) is 7.07. The van der Waals surface area contributed by atoms with Crippen LogP contribution < -0.4 is 10.2 Å². The molecular formula is C17H25N3O. The number of aryl methyl sites for hydroxylation is 1. The highest BCUT2D eigenvalue weighted by atomic mass is 16.2. The molecule has 1 aromatic heterocycles. The molecule has 2 amide bonds. The van der Waals surface area contributed by atoms with E-state index in [4.69, 9.17) is 0 Å². The number of pyridine rings is 1. The highest BCUT2D eigenvalue weighted by Crippen LogP contribution is 2.31. The number of hydrogen-bond donors (Lipinski definition) is 1. The number of aromatic nitrogens is 1. The molecule has 0 aliphatic rings. The summed E-state index contributed by atoms with van der Waals surface area (Å²) in [5.74, 6) is 0.214. The third kappa shape index (κ3) is 3.94. The molecule has 0 saturated heterocycles. The van der Waals surface area contributed by atoms with E-state index in [0.717, 1.165) is 22.5 Å². The number of allylic oxidation sites excluding steroid dienone is 2. The van der Waals surface area contributed by atoms with Crippen LogP contribution in [0.2, 0.25) is 0 Å². The number of urea groups is 1. The first kappa shape index (κ1) is 17.0. The number of hydrogen-bond acceptors (Lipinski definition) is 2. The maximum absolute atomic E-state index is 12.4. The number of amides is 2. The first-order valence-corrected chi connectivity index (χ1v) is 7.10. The predicted molar refractivity (Wildman–Crippen MR) is 88.6 cm³/mol. The minimum Gasteiger partial charge on any atom is -0.340 e. The fourth-order valence-corrected chi connectivity index (χ4v) is 2.17. The molecule has 0 saturated carbocycles. The third-order valence-corrected chi connectivity index (χ3v) is 3.08. The fourth-order valence-electron chi connectivity index (χ4n) is 2.17. The smallest absolute Gasteiger partial charge is 0.326 e. The van der Waals surface area contributed by atoms with Gasteiger partial charge in [0.1, 0.15) is 0 Å². The van der Waals surface area contributed by atoms with Gasteiger partial charge in [-0.05, 0) is 44.4 Å². The second-order valence-corrected chi connectivity index (χ2v) is 5.62. The molecule has 0 bridgehead atoms. The molecule has 1 heterocycles. The average molecular weight is 287 g/mol. The topological polar surface area (TPSA) is 45.2 Å². The molecule has 4 heteroatoms. The maximum atomic E-state index is 12.4. The van der Waals surface area contributed by atoms with Gasteiger partial charge in [0.15, 0.2) is 0 Å². The zero-order valence-corrected chi connectivity index (χ0v) is 13.8. The number of nitrogens with zero attached hydrogens (tertiary/aromatic N) is 2. The van der Waals surface area contributed by atoms with E-state index in [1.165, 1.54) is 0 Å². The number of nitrogens with one attached hydrogen (secondary N) is 1. The number of anilines is 1. The second-order valence-electron chi connectivity index (χ2n) is 5.62. The summed E-state index contributed by atoms with van der Waals surface area (Å²) < 4.78 is 0. The molecule has 0 radical (unpaired) electrons. The van der Waals surface area contributed by atoms with Gasteiger partial charge in [0.2, 0.25) is 0 Å². The SMILES string of the molecule is C=C(C=C(C)C)N(C(=O)NC)c1c(C)ccnc1C(C)C. The first-order valence-electron chi connectivity index (χ1n) is 7.10. The van der Waals surface area contributed by atoms with Crippen molar-refractivity contribution in [3.63, 3.8) is 0 Å². The van der Waals surface area contributed by atoms with E-state index < -0.39 is 0 Å². The Hall–Kier alpha value is -2.10. The Morgan fingerprint density at radius 2 is 2.05 bits per heavy atom. The summed E-state index contributed by atoms with van der Waals surface area (Å²) in [6, 6.07) is 1.70. The van der Waals surface area contributed by atoms with Crippen LogP contribution in [0.4, 0.5) is 10.5 Å². The Balaban J connectivity index is 3.51. The van der Waals surface area contributed by atoms with Gasteiger partial charge >= 0.3 is 6.03 Å². The van der Waals surface area contributed by atoms with Gasteiger partial charge in [0.05, 0.1) is 11.4 Å². The van der Waals surface area contributed by atoms with Gasteiger partial charge in [-0.15, -0.1) is 0 Å². The first-order chi connectivity index (χ1) is 9.79. The van der Waals surface area contributed by atoms with Crippen LogP contribution in [0.1, 0.15) is 44.9 Å². The molecular weight excluding hydrogens is 262 g/mol. The molecule has 4 nitrogen and oxygen atoms in total. The molecule has 0 spiro atoms. The van der Waals surface area contributed by atoms with Crippen molar-refractivity contribution in [2.75, 3.05) is 11.9 Å². The number of carbonyl (C=O) groups is 1. The molecule has 0 atom stereocenters. The Labute approximate surface area is 127 Å². The lowest BCUT2D eigenvalue weighted by atomic mass is 10.0. The van der Waals surface area contributed by atoms with Gasteiger partial charge in [-0.3, -0.25) is 9.88 Å². The Morgan fingerprint density at radius 1 is 1.43 bits per heavy atom. The molecule has 0 aliphatic heterocycles. The standard InChI is InChI=1S/C17H25N3O/c1-11(2)10-14(6)20(17(21)18-7)16-13(5)8-9-19-15(16)12(3)4/h8-10,12H,6H2,1-5,7H3,(H,18,21). The van der Waals surface area contributed by atoms with Gasteiger partial charge < -0.3 is 5.32 Å². The summed E-state index contributed by atoms with van der Waals surface area (Å²) in [5, 5.41) is 2.68. The molecule has 1 rings (SSSR count). The van der Waals surface area contributed by atoms with E-state index in [2.05, 4.69) is 30.7 Å². The van der Waals surface area contributed by atoms with Gasteiger partial charge in [-0.2, -0.15) is 0 Å². The van der Waals surface area contributed by atoms with Crippen molar-refractivity contribution in [3.8, 4) is 0 Å². The molecule has 1 aromatic rings. The van der Waals surface area contributed by atoms with Crippen molar-refractivity contribution in [1.82, 2.24) is 10.3 Å². The third-order valence-electron chi connectivity index (χ3n) is 3.08. The summed E-state index contributed by atoms with van der Waals surface area (Å²) >= 11 is 0. The highest BCUT2D eigenvalue weighted by Gasteiger charge is 2.23. The lowest BCUT2D eigenvalue weighted by molar-refractivity contribution is 0.249. The van der Waals surface area contributed by atoms with Crippen molar-refractivity contribution in [2.24, 2.45) is 0 Å². The van der Waals surface area contributed by atoms with Crippen molar-refractivity contribution in [2.45, 2.75) is 40.5 Å². The van der Waals surface area contributed by atoms with Gasteiger partial charge in [0, 0.05) is 18.9 Å². The van der Waals surface area contributed by atoms with Crippen molar-refractivity contribution in [3.05, 3.63) is 47.4 Å². The van der Waals surface area contributed by atoms with Crippen LogP contribution in [-0.2, 0) is 0 Å². The zero-order chi connectivity index (χ0) is 16.2. The molecule has 0 aliphatic carbocycles. The average Bonchev–Trinajstić information content (AvgIpc) is 2.39. The normalized spacial score (nSPS) is 10.2. The predicted octanol–water partition coefficient (Wildman–Crippen LogP) is 4.14. The van der Waals surface area contributed by atoms with E-state index in [-0.39, 0.29) is 11.9 Å². The monoisotopic (exact) mass is 287 g/mol. The van der Waals surface area contributed by atoms with E-state index >= 15 is 0 Å². The van der Waals surface area contributed by atoms with E-state index in [9.17, 15) is 4.79 Å². The minimum atomic E-state index is -0.212. The molecule has 1 N–H and O–H groups in total. The largest absolute Gasteiger partial charge is 0.340 e.